The predicted octanol–water partition coefficient (Wildman–Crippen LogP) is 1.16. The van der Waals surface area contributed by atoms with Crippen molar-refractivity contribution in [2.75, 3.05) is 40.1 Å². The first-order valence-electron chi connectivity index (χ1n) is 6.27. The molecule has 0 aromatic carbocycles. The summed E-state index contributed by atoms with van der Waals surface area (Å²) in [6.07, 6.45) is 1.09. The Bertz CT molecular complexity index is 307. The van der Waals surface area contributed by atoms with E-state index in [4.69, 9.17) is 0 Å². The maximum Gasteiger partial charge on any atom is 0.347 e. The number of carbonyl (C=O) groups is 1. The van der Waals surface area contributed by atoms with E-state index in [0.717, 1.165) is 17.4 Å². The molecule has 0 aromatic heterocycles. The highest BCUT2D eigenvalue weighted by atomic mass is 31.2. The second-order valence-electron chi connectivity index (χ2n) is 4.95. The smallest absolute Gasteiger partial charge is 0.344 e. The van der Waals surface area contributed by atoms with Crippen LogP contribution in [0.15, 0.2) is 0 Å². The van der Waals surface area contributed by atoms with Crippen LogP contribution in [-0.4, -0.2) is 55.4 Å². The summed E-state index contributed by atoms with van der Waals surface area (Å²) in [6, 6.07) is 0. The highest BCUT2D eigenvalue weighted by molar-refractivity contribution is 7.52. The average molecular weight is 281 g/mol. The Kier molecular flexibility index (Phi) is 7.71. The molecule has 1 amide bonds. The molecule has 0 aliphatic rings. The molecule has 0 saturated heterocycles. The Balaban J connectivity index is 3.96. The minimum Gasteiger partial charge on any atom is -0.344 e. The summed E-state index contributed by atoms with van der Waals surface area (Å²) in [5, 5.41) is 2.44. The summed E-state index contributed by atoms with van der Waals surface area (Å²) in [6.45, 7) is 5.61. The summed E-state index contributed by atoms with van der Waals surface area (Å²) in [5.41, 5.74) is 0. The van der Waals surface area contributed by atoms with E-state index in [2.05, 4.69) is 30.9 Å². The molecule has 18 heavy (non-hydrogen) atoms. The van der Waals surface area contributed by atoms with E-state index < -0.39 is 7.60 Å². The Morgan fingerprint density at radius 2 is 1.94 bits per heavy atom. The van der Waals surface area contributed by atoms with Crippen LogP contribution >= 0.6 is 7.60 Å². The molecule has 0 bridgehead atoms. The van der Waals surface area contributed by atoms with Crippen molar-refractivity contribution in [1.82, 2.24) is 5.32 Å². The van der Waals surface area contributed by atoms with Crippen LogP contribution < -0.4 is 5.32 Å². The van der Waals surface area contributed by atoms with Gasteiger partial charge in [-0.15, -0.1) is 0 Å². The first-order valence-corrected chi connectivity index (χ1v) is 8.04. The van der Waals surface area contributed by atoms with Crippen molar-refractivity contribution in [2.45, 2.75) is 26.7 Å². The zero-order chi connectivity index (χ0) is 14.2. The molecule has 0 aliphatic carbocycles. The number of carbonyl (C=O) groups excluding carboxylic acids is 1. The fourth-order valence-electron chi connectivity index (χ4n) is 1.65. The van der Waals surface area contributed by atoms with Crippen molar-refractivity contribution in [1.29, 1.82) is 0 Å². The molecule has 1 unspecified atom stereocenters. The largest absolute Gasteiger partial charge is 0.347 e. The quantitative estimate of drug-likeness (QED) is 0.491. The number of quaternary nitrogens is 1. The maximum absolute atomic E-state index is 11.5. The average Bonchev–Trinajstić information content (AvgIpc) is 2.24. The van der Waals surface area contributed by atoms with Gasteiger partial charge in [-0.2, -0.15) is 0 Å². The van der Waals surface area contributed by atoms with Crippen LogP contribution in [0.4, 0.5) is 0 Å². The molecule has 2 N–H and O–H groups in total. The normalized spacial score (nSPS) is 15.2. The van der Waals surface area contributed by atoms with Gasteiger partial charge >= 0.3 is 7.60 Å². The van der Waals surface area contributed by atoms with Gasteiger partial charge in [0.25, 0.3) is 0 Å². The summed E-state index contributed by atoms with van der Waals surface area (Å²) >= 11 is 0. The van der Waals surface area contributed by atoms with Gasteiger partial charge in [-0.05, 0) is 13.3 Å². The standard InChI is InChI=1S/C11H25N2O4P/c1-5-8-13(3,4)9-7-11(14)12-10-18(15,16)17-6-2/h5-10H2,1-4H3,(H-,12,14,15,16)/p+1. The highest BCUT2D eigenvalue weighted by Crippen LogP contribution is 2.39. The molecule has 6 nitrogen and oxygen atoms in total. The zero-order valence-corrected chi connectivity index (χ0v) is 12.7. The van der Waals surface area contributed by atoms with Gasteiger partial charge in [-0.25, -0.2) is 0 Å². The summed E-state index contributed by atoms with van der Waals surface area (Å²) in [7, 11) is 0.466. The fourth-order valence-corrected chi connectivity index (χ4v) is 2.52. The van der Waals surface area contributed by atoms with Crippen LogP contribution in [0.2, 0.25) is 0 Å². The molecule has 0 spiro atoms. The van der Waals surface area contributed by atoms with Crippen LogP contribution in [0, 0.1) is 0 Å². The van der Waals surface area contributed by atoms with Crippen molar-refractivity contribution in [3.05, 3.63) is 0 Å². The third-order valence-corrected chi connectivity index (χ3v) is 3.80. The Morgan fingerprint density at radius 1 is 1.33 bits per heavy atom. The topological polar surface area (TPSA) is 75.6 Å². The van der Waals surface area contributed by atoms with E-state index in [1.807, 2.05) is 0 Å². The second-order valence-corrected chi connectivity index (χ2v) is 6.80. The van der Waals surface area contributed by atoms with Gasteiger partial charge in [0.1, 0.15) is 6.29 Å². The first kappa shape index (κ1) is 17.6. The molecule has 108 valence electrons. The van der Waals surface area contributed by atoms with Crippen LogP contribution in [0.3, 0.4) is 0 Å². The van der Waals surface area contributed by atoms with Crippen molar-refractivity contribution in [2.24, 2.45) is 0 Å². The Hall–Kier alpha value is -0.420. The highest BCUT2D eigenvalue weighted by Gasteiger charge is 2.21. The van der Waals surface area contributed by atoms with E-state index in [0.29, 0.717) is 13.0 Å². The van der Waals surface area contributed by atoms with Crippen molar-refractivity contribution in [3.8, 4) is 0 Å². The van der Waals surface area contributed by atoms with Crippen molar-refractivity contribution in [3.63, 3.8) is 0 Å². The predicted molar refractivity (Wildman–Crippen MR) is 71.2 cm³/mol. The van der Waals surface area contributed by atoms with Crippen molar-refractivity contribution >= 4 is 13.5 Å². The van der Waals surface area contributed by atoms with Gasteiger partial charge in [0.2, 0.25) is 5.91 Å². The number of hydrogen-bond acceptors (Lipinski definition) is 3. The molecule has 0 radical (unpaired) electrons. The van der Waals surface area contributed by atoms with Crippen LogP contribution in [0.5, 0.6) is 0 Å². The lowest BCUT2D eigenvalue weighted by atomic mass is 10.3. The number of hydrogen-bond donors (Lipinski definition) is 2. The third-order valence-electron chi connectivity index (χ3n) is 2.58. The van der Waals surface area contributed by atoms with Gasteiger partial charge in [0.05, 0.1) is 40.2 Å². The monoisotopic (exact) mass is 281 g/mol. The van der Waals surface area contributed by atoms with E-state index in [-0.39, 0.29) is 18.8 Å². The zero-order valence-electron chi connectivity index (χ0n) is 11.8. The first-order chi connectivity index (χ1) is 8.22. The van der Waals surface area contributed by atoms with E-state index in [1.165, 1.54) is 0 Å². The third kappa shape index (κ3) is 8.64. The number of amides is 1. The lowest BCUT2D eigenvalue weighted by Gasteiger charge is -2.29. The molecule has 0 saturated carbocycles. The number of nitrogens with zero attached hydrogens (tertiary/aromatic N) is 1. The van der Waals surface area contributed by atoms with Crippen molar-refractivity contribution < 1.29 is 23.3 Å². The lowest BCUT2D eigenvalue weighted by Crippen LogP contribution is -2.43. The van der Waals surface area contributed by atoms with Crippen LogP contribution in [0.25, 0.3) is 0 Å². The lowest BCUT2D eigenvalue weighted by molar-refractivity contribution is -0.889. The Labute approximate surface area is 109 Å². The Morgan fingerprint density at radius 3 is 2.44 bits per heavy atom. The second kappa shape index (κ2) is 7.89. The van der Waals surface area contributed by atoms with E-state index in [9.17, 15) is 14.3 Å². The van der Waals surface area contributed by atoms with E-state index in [1.54, 1.807) is 6.92 Å². The summed E-state index contributed by atoms with van der Waals surface area (Å²) < 4.78 is 16.8. The molecule has 0 heterocycles. The summed E-state index contributed by atoms with van der Waals surface area (Å²) in [5.74, 6) is -0.216. The minimum absolute atomic E-state index is 0.157. The van der Waals surface area contributed by atoms with Crippen LogP contribution in [0.1, 0.15) is 26.7 Å². The molecule has 7 heteroatoms. The maximum atomic E-state index is 11.5. The van der Waals surface area contributed by atoms with Gasteiger partial charge in [-0.1, -0.05) is 6.92 Å². The summed E-state index contributed by atoms with van der Waals surface area (Å²) in [4.78, 5) is 20.8. The molecule has 0 fully saturated rings. The molecule has 0 aromatic rings. The van der Waals surface area contributed by atoms with Gasteiger partial charge < -0.3 is 19.2 Å². The molecule has 0 rings (SSSR count). The fraction of sp³-hybridized carbons (Fsp3) is 0.909. The molecular weight excluding hydrogens is 255 g/mol. The van der Waals surface area contributed by atoms with Crippen LogP contribution in [-0.2, 0) is 13.9 Å². The van der Waals surface area contributed by atoms with E-state index >= 15 is 0 Å². The molecule has 0 aliphatic heterocycles. The molecular formula is C11H26N2O4P+. The number of nitrogens with one attached hydrogen (secondary N) is 1. The van der Waals surface area contributed by atoms with Gasteiger partial charge in [0, 0.05) is 0 Å². The molecule has 1 atom stereocenters. The van der Waals surface area contributed by atoms with Gasteiger partial charge in [-0.3, -0.25) is 9.36 Å². The van der Waals surface area contributed by atoms with Gasteiger partial charge in [0.15, 0.2) is 0 Å². The minimum atomic E-state index is -3.66. The SMILES string of the molecule is CCC[N+](C)(C)CCC(=O)NCP(=O)(O)OCC. The number of rotatable bonds is 9.